The van der Waals surface area contributed by atoms with E-state index in [1.54, 1.807) is 35.5 Å². The van der Waals surface area contributed by atoms with Gasteiger partial charge in [-0.1, -0.05) is 6.07 Å². The van der Waals surface area contributed by atoms with E-state index in [9.17, 15) is 0 Å². The molecular formula is C22H32IN3O5. The molecule has 0 unspecified atom stereocenters. The van der Waals surface area contributed by atoms with Gasteiger partial charge in [0.1, 0.15) is 0 Å². The van der Waals surface area contributed by atoms with Crippen LogP contribution < -0.4 is 34.3 Å². The zero-order valence-electron chi connectivity index (χ0n) is 18.9. The molecule has 0 saturated heterocycles. The van der Waals surface area contributed by atoms with E-state index in [0.717, 1.165) is 16.9 Å². The van der Waals surface area contributed by atoms with Gasteiger partial charge >= 0.3 is 0 Å². The molecule has 172 valence electrons. The monoisotopic (exact) mass is 545 g/mol. The third kappa shape index (κ3) is 7.27. The summed E-state index contributed by atoms with van der Waals surface area (Å²) in [7, 11) is 8.14. The lowest BCUT2D eigenvalue weighted by Crippen LogP contribution is -2.36. The molecular weight excluding hydrogens is 513 g/mol. The molecule has 0 atom stereocenters. The Balaban J connectivity index is 0.00000480. The Kier molecular flexibility index (Phi) is 11.7. The fourth-order valence-corrected chi connectivity index (χ4v) is 2.93. The molecule has 0 spiro atoms. The fraction of sp³-hybridized carbons (Fsp3) is 0.409. The number of nitrogens with one attached hydrogen (secondary N) is 2. The number of aliphatic imine (C=N–C) groups is 1. The lowest BCUT2D eigenvalue weighted by Gasteiger charge is -2.16. The maximum absolute atomic E-state index is 5.56. The minimum absolute atomic E-state index is 0. The van der Waals surface area contributed by atoms with Crippen molar-refractivity contribution in [2.75, 3.05) is 42.1 Å². The second-order valence-electron chi connectivity index (χ2n) is 6.23. The van der Waals surface area contributed by atoms with Crippen molar-refractivity contribution < 1.29 is 23.7 Å². The Morgan fingerprint density at radius 2 is 1.32 bits per heavy atom. The predicted molar refractivity (Wildman–Crippen MR) is 133 cm³/mol. The summed E-state index contributed by atoms with van der Waals surface area (Å²) in [6.07, 6.45) is 0. The second kappa shape index (κ2) is 13.7. The smallest absolute Gasteiger partial charge is 0.203 e. The molecule has 0 heterocycles. The second-order valence-corrected chi connectivity index (χ2v) is 6.23. The van der Waals surface area contributed by atoms with Crippen molar-refractivity contribution in [2.24, 2.45) is 4.99 Å². The first kappa shape index (κ1) is 26.5. The molecule has 0 aliphatic rings. The van der Waals surface area contributed by atoms with Crippen LogP contribution in [0.2, 0.25) is 0 Å². The molecule has 0 saturated carbocycles. The van der Waals surface area contributed by atoms with Crippen LogP contribution in [0.5, 0.6) is 28.7 Å². The van der Waals surface area contributed by atoms with Gasteiger partial charge in [-0.15, -0.1) is 24.0 Å². The third-order valence-corrected chi connectivity index (χ3v) is 4.40. The van der Waals surface area contributed by atoms with Gasteiger partial charge in [-0.25, -0.2) is 0 Å². The van der Waals surface area contributed by atoms with Gasteiger partial charge < -0.3 is 34.3 Å². The van der Waals surface area contributed by atoms with Gasteiger partial charge in [-0.2, -0.15) is 0 Å². The summed E-state index contributed by atoms with van der Waals surface area (Å²) in [5, 5.41) is 6.58. The maximum atomic E-state index is 5.56. The first-order valence-electron chi connectivity index (χ1n) is 9.63. The van der Waals surface area contributed by atoms with Gasteiger partial charge in [0.2, 0.25) is 5.75 Å². The minimum atomic E-state index is 0. The molecule has 2 rings (SSSR count). The summed E-state index contributed by atoms with van der Waals surface area (Å²) in [4.78, 5) is 4.28. The largest absolute Gasteiger partial charge is 0.493 e. The van der Waals surface area contributed by atoms with E-state index in [1.807, 2.05) is 37.3 Å². The van der Waals surface area contributed by atoms with Crippen molar-refractivity contribution in [1.82, 2.24) is 10.6 Å². The lowest BCUT2D eigenvalue weighted by molar-refractivity contribution is 0.310. The molecule has 9 heteroatoms. The van der Waals surface area contributed by atoms with Crippen molar-refractivity contribution in [1.29, 1.82) is 0 Å². The standard InChI is InChI=1S/C22H31N3O5.HI/c1-7-30-17-9-8-15(10-18(17)26-3)13-24-22(23-2)25-14-16-11-19(27-4)21(29-6)20(12-16)28-5;/h8-12H,7,13-14H2,1-6H3,(H2,23,24,25);1H. The van der Waals surface area contributed by atoms with Gasteiger partial charge in [0.05, 0.1) is 35.0 Å². The van der Waals surface area contributed by atoms with Gasteiger partial charge in [0.25, 0.3) is 0 Å². The Hall–Kier alpha value is -2.56. The van der Waals surface area contributed by atoms with E-state index < -0.39 is 0 Å². The van der Waals surface area contributed by atoms with Crippen LogP contribution in [-0.2, 0) is 13.1 Å². The third-order valence-electron chi connectivity index (χ3n) is 4.40. The van der Waals surface area contributed by atoms with Crippen LogP contribution in [-0.4, -0.2) is 48.1 Å². The van der Waals surface area contributed by atoms with E-state index in [-0.39, 0.29) is 24.0 Å². The molecule has 0 radical (unpaired) electrons. The normalized spacial score (nSPS) is 10.6. The van der Waals surface area contributed by atoms with Crippen molar-refractivity contribution >= 4 is 29.9 Å². The van der Waals surface area contributed by atoms with Crippen LogP contribution in [0.15, 0.2) is 35.3 Å². The number of hydrogen-bond acceptors (Lipinski definition) is 6. The van der Waals surface area contributed by atoms with Crippen molar-refractivity contribution in [3.05, 3.63) is 41.5 Å². The molecule has 2 N–H and O–H groups in total. The number of methoxy groups -OCH3 is 4. The van der Waals surface area contributed by atoms with E-state index >= 15 is 0 Å². The molecule has 0 amide bonds. The number of hydrogen-bond donors (Lipinski definition) is 2. The van der Waals surface area contributed by atoms with Crippen LogP contribution in [0.3, 0.4) is 0 Å². The summed E-state index contributed by atoms with van der Waals surface area (Å²) in [6.45, 7) is 3.64. The van der Waals surface area contributed by atoms with Crippen LogP contribution in [0.25, 0.3) is 0 Å². The van der Waals surface area contributed by atoms with Gasteiger partial charge in [-0.3, -0.25) is 4.99 Å². The summed E-state index contributed by atoms with van der Waals surface area (Å²) in [5.41, 5.74) is 2.02. The molecule has 8 nitrogen and oxygen atoms in total. The number of guanidine groups is 1. The number of nitrogens with zero attached hydrogens (tertiary/aromatic N) is 1. The average Bonchev–Trinajstić information content (AvgIpc) is 2.79. The molecule has 0 bridgehead atoms. The summed E-state index contributed by atoms with van der Waals surface area (Å²) in [6, 6.07) is 9.65. The van der Waals surface area contributed by atoms with Crippen LogP contribution in [0.1, 0.15) is 18.1 Å². The number of ether oxygens (including phenoxy) is 5. The highest BCUT2D eigenvalue weighted by Crippen LogP contribution is 2.38. The van der Waals surface area contributed by atoms with Crippen LogP contribution in [0.4, 0.5) is 0 Å². The van der Waals surface area contributed by atoms with E-state index in [0.29, 0.717) is 48.7 Å². The average molecular weight is 545 g/mol. The summed E-state index contributed by atoms with van der Waals surface area (Å²) >= 11 is 0. The number of benzene rings is 2. The Bertz CT molecular complexity index is 836. The first-order chi connectivity index (χ1) is 14.6. The summed E-state index contributed by atoms with van der Waals surface area (Å²) < 4.78 is 27.1. The zero-order valence-corrected chi connectivity index (χ0v) is 21.2. The highest BCUT2D eigenvalue weighted by molar-refractivity contribution is 14.0. The van der Waals surface area contributed by atoms with E-state index in [2.05, 4.69) is 15.6 Å². The number of rotatable bonds is 10. The highest BCUT2D eigenvalue weighted by atomic mass is 127. The topological polar surface area (TPSA) is 82.6 Å². The fourth-order valence-electron chi connectivity index (χ4n) is 2.93. The van der Waals surface area contributed by atoms with Crippen LogP contribution >= 0.6 is 24.0 Å². The Labute approximate surface area is 201 Å². The lowest BCUT2D eigenvalue weighted by atomic mass is 10.1. The molecule has 0 aliphatic carbocycles. The van der Waals surface area contributed by atoms with E-state index in [1.165, 1.54) is 0 Å². The Morgan fingerprint density at radius 3 is 1.81 bits per heavy atom. The van der Waals surface area contributed by atoms with Crippen molar-refractivity contribution in [3.8, 4) is 28.7 Å². The quantitative estimate of drug-likeness (QED) is 0.268. The molecule has 0 aliphatic heterocycles. The van der Waals surface area contributed by atoms with Gasteiger partial charge in [0, 0.05) is 20.1 Å². The van der Waals surface area contributed by atoms with Gasteiger partial charge in [0.15, 0.2) is 29.0 Å². The van der Waals surface area contributed by atoms with Crippen molar-refractivity contribution in [3.63, 3.8) is 0 Å². The molecule has 0 aromatic heterocycles. The van der Waals surface area contributed by atoms with Crippen molar-refractivity contribution in [2.45, 2.75) is 20.0 Å². The predicted octanol–water partition coefficient (Wildman–Crippen LogP) is 3.60. The molecule has 31 heavy (non-hydrogen) atoms. The summed E-state index contributed by atoms with van der Waals surface area (Å²) in [5.74, 6) is 3.88. The molecule has 2 aromatic rings. The van der Waals surface area contributed by atoms with Gasteiger partial charge in [-0.05, 0) is 42.3 Å². The molecule has 0 fully saturated rings. The first-order valence-corrected chi connectivity index (χ1v) is 9.63. The van der Waals surface area contributed by atoms with Crippen LogP contribution in [0, 0.1) is 0 Å². The SMILES string of the molecule is CCOc1ccc(CNC(=NC)NCc2cc(OC)c(OC)c(OC)c2)cc1OC.I. The molecule has 2 aromatic carbocycles. The number of halogens is 1. The highest BCUT2D eigenvalue weighted by Gasteiger charge is 2.13. The Morgan fingerprint density at radius 1 is 0.774 bits per heavy atom. The minimum Gasteiger partial charge on any atom is -0.493 e. The zero-order chi connectivity index (χ0) is 21.9. The van der Waals surface area contributed by atoms with E-state index in [4.69, 9.17) is 23.7 Å². The maximum Gasteiger partial charge on any atom is 0.203 e.